The van der Waals surface area contributed by atoms with E-state index in [9.17, 15) is 14.4 Å². The van der Waals surface area contributed by atoms with E-state index in [0.29, 0.717) is 39.3 Å². The van der Waals surface area contributed by atoms with Gasteiger partial charge in [-0.05, 0) is 13.3 Å². The molecule has 8 nitrogen and oxygen atoms in total. The summed E-state index contributed by atoms with van der Waals surface area (Å²) in [4.78, 5) is 38.3. The molecule has 1 fully saturated rings. The number of hydrogen-bond acceptors (Lipinski definition) is 5. The van der Waals surface area contributed by atoms with Crippen LogP contribution in [0.25, 0.3) is 0 Å². The molecule has 0 atom stereocenters. The Labute approximate surface area is 131 Å². The van der Waals surface area contributed by atoms with Crippen LogP contribution >= 0.6 is 0 Å². The first kappa shape index (κ1) is 18.2. The monoisotopic (exact) mass is 314 g/mol. The van der Waals surface area contributed by atoms with Gasteiger partial charge >= 0.3 is 12.1 Å². The van der Waals surface area contributed by atoms with Gasteiger partial charge in [-0.2, -0.15) is 0 Å². The highest BCUT2D eigenvalue weighted by Gasteiger charge is 2.23. The van der Waals surface area contributed by atoms with Crippen LogP contribution in [-0.2, 0) is 9.53 Å². The molecule has 0 bridgehead atoms. The Bertz CT molecular complexity index is 381. The molecule has 0 spiro atoms. The van der Waals surface area contributed by atoms with Crippen molar-refractivity contribution in [2.45, 2.75) is 26.7 Å². The molecular formula is C14H26N4O4. The second kappa shape index (κ2) is 9.99. The number of ether oxygens (including phenoxy) is 1. The normalized spacial score (nSPS) is 15.3. The number of rotatable bonds is 6. The van der Waals surface area contributed by atoms with E-state index < -0.39 is 6.03 Å². The van der Waals surface area contributed by atoms with E-state index >= 15 is 0 Å². The summed E-state index contributed by atoms with van der Waals surface area (Å²) in [5.74, 6) is -0.335. The van der Waals surface area contributed by atoms with Gasteiger partial charge in [0.15, 0.2) is 0 Å². The summed E-state index contributed by atoms with van der Waals surface area (Å²) >= 11 is 0. The summed E-state index contributed by atoms with van der Waals surface area (Å²) in [7, 11) is 0. The van der Waals surface area contributed by atoms with E-state index in [4.69, 9.17) is 4.74 Å². The van der Waals surface area contributed by atoms with Crippen molar-refractivity contribution in [2.24, 2.45) is 0 Å². The Kier molecular flexibility index (Phi) is 8.27. The van der Waals surface area contributed by atoms with E-state index in [1.54, 1.807) is 11.8 Å². The summed E-state index contributed by atoms with van der Waals surface area (Å²) in [5, 5.41) is 4.93. The summed E-state index contributed by atoms with van der Waals surface area (Å²) in [5.41, 5.74) is 0. The fourth-order valence-corrected chi connectivity index (χ4v) is 2.10. The van der Waals surface area contributed by atoms with Gasteiger partial charge in [0, 0.05) is 32.7 Å². The zero-order chi connectivity index (χ0) is 16.4. The largest absolute Gasteiger partial charge is 0.450 e. The minimum Gasteiger partial charge on any atom is -0.450 e. The van der Waals surface area contributed by atoms with E-state index in [2.05, 4.69) is 10.6 Å². The van der Waals surface area contributed by atoms with Crippen molar-refractivity contribution in [3.05, 3.63) is 0 Å². The highest BCUT2D eigenvalue weighted by molar-refractivity contribution is 5.95. The average Bonchev–Trinajstić information content (AvgIpc) is 2.48. The molecule has 0 aromatic rings. The second-order valence-corrected chi connectivity index (χ2v) is 5.12. The van der Waals surface area contributed by atoms with E-state index in [1.165, 1.54) is 0 Å². The number of hydrogen-bond donors (Lipinski definition) is 2. The van der Waals surface area contributed by atoms with Gasteiger partial charge in [0.05, 0.1) is 13.2 Å². The van der Waals surface area contributed by atoms with Crippen LogP contribution in [0.15, 0.2) is 0 Å². The van der Waals surface area contributed by atoms with Crippen LogP contribution in [0.5, 0.6) is 0 Å². The number of carbonyl (C=O) groups excluding carboxylic acids is 3. The number of piperazine rings is 1. The van der Waals surface area contributed by atoms with E-state index in [0.717, 1.165) is 12.8 Å². The molecule has 8 heteroatoms. The maximum atomic E-state index is 11.8. The smallest absolute Gasteiger partial charge is 0.409 e. The molecule has 2 N–H and O–H groups in total. The first-order valence-corrected chi connectivity index (χ1v) is 7.78. The number of amides is 4. The lowest BCUT2D eigenvalue weighted by Gasteiger charge is -2.33. The molecule has 1 aliphatic heterocycles. The van der Waals surface area contributed by atoms with Crippen molar-refractivity contribution < 1.29 is 19.1 Å². The third-order valence-corrected chi connectivity index (χ3v) is 3.33. The first-order chi connectivity index (χ1) is 10.6. The number of carbonyl (C=O) groups is 3. The van der Waals surface area contributed by atoms with Crippen LogP contribution in [0.3, 0.4) is 0 Å². The molecule has 0 saturated carbocycles. The molecule has 22 heavy (non-hydrogen) atoms. The van der Waals surface area contributed by atoms with Gasteiger partial charge < -0.3 is 15.0 Å². The Morgan fingerprint density at radius 1 is 1.09 bits per heavy atom. The average molecular weight is 314 g/mol. The third kappa shape index (κ3) is 6.75. The third-order valence-electron chi connectivity index (χ3n) is 3.33. The fourth-order valence-electron chi connectivity index (χ4n) is 2.10. The van der Waals surface area contributed by atoms with Crippen molar-refractivity contribution in [2.75, 3.05) is 45.9 Å². The molecule has 0 aromatic heterocycles. The summed E-state index contributed by atoms with van der Waals surface area (Å²) in [6.45, 7) is 7.09. The summed E-state index contributed by atoms with van der Waals surface area (Å²) in [6.07, 6.45) is 1.55. The first-order valence-electron chi connectivity index (χ1n) is 7.78. The van der Waals surface area contributed by atoms with Gasteiger partial charge in [0.2, 0.25) is 5.91 Å². The highest BCUT2D eigenvalue weighted by atomic mass is 16.6. The molecule has 1 rings (SSSR count). The lowest BCUT2D eigenvalue weighted by Crippen LogP contribution is -2.52. The predicted octanol–water partition coefficient (Wildman–Crippen LogP) is 0.386. The number of urea groups is 1. The molecule has 1 aliphatic rings. The van der Waals surface area contributed by atoms with Crippen LogP contribution in [-0.4, -0.2) is 73.7 Å². The second-order valence-electron chi connectivity index (χ2n) is 5.12. The molecule has 0 radical (unpaired) electrons. The Morgan fingerprint density at radius 3 is 2.36 bits per heavy atom. The number of imide groups is 1. The molecule has 0 aliphatic carbocycles. The lowest BCUT2D eigenvalue weighted by molar-refractivity contribution is -0.121. The molecule has 4 amide bonds. The number of nitrogens with one attached hydrogen (secondary N) is 2. The Hall–Kier alpha value is -1.83. The van der Waals surface area contributed by atoms with Crippen molar-refractivity contribution >= 4 is 18.0 Å². The summed E-state index contributed by atoms with van der Waals surface area (Å²) in [6, 6.07) is -0.455. The minimum absolute atomic E-state index is 0.151. The molecule has 126 valence electrons. The minimum atomic E-state index is -0.455. The number of unbranched alkanes of at least 4 members (excludes halogenated alkanes) is 1. The van der Waals surface area contributed by atoms with E-state index in [-0.39, 0.29) is 18.5 Å². The van der Waals surface area contributed by atoms with Crippen LogP contribution in [0.2, 0.25) is 0 Å². The topological polar surface area (TPSA) is 91.0 Å². The Morgan fingerprint density at radius 2 is 1.77 bits per heavy atom. The van der Waals surface area contributed by atoms with Gasteiger partial charge in [-0.25, -0.2) is 9.59 Å². The fraction of sp³-hybridized carbons (Fsp3) is 0.786. The highest BCUT2D eigenvalue weighted by Crippen LogP contribution is 2.03. The molecule has 0 aromatic carbocycles. The van der Waals surface area contributed by atoms with Gasteiger partial charge in [0.25, 0.3) is 0 Å². The molecule has 1 saturated heterocycles. The quantitative estimate of drug-likeness (QED) is 0.692. The predicted molar refractivity (Wildman–Crippen MR) is 81.5 cm³/mol. The Balaban J connectivity index is 2.21. The SMILES string of the molecule is CCCCNC(=O)NC(=O)CN1CCN(C(=O)OCC)CC1. The maximum Gasteiger partial charge on any atom is 0.409 e. The summed E-state index contributed by atoms with van der Waals surface area (Å²) < 4.78 is 4.93. The zero-order valence-corrected chi connectivity index (χ0v) is 13.4. The molecule has 0 unspecified atom stereocenters. The lowest BCUT2D eigenvalue weighted by atomic mass is 10.3. The van der Waals surface area contributed by atoms with Gasteiger partial charge in [-0.3, -0.25) is 15.0 Å². The van der Waals surface area contributed by atoms with Crippen LogP contribution in [0.1, 0.15) is 26.7 Å². The van der Waals surface area contributed by atoms with Crippen LogP contribution in [0.4, 0.5) is 9.59 Å². The maximum absolute atomic E-state index is 11.8. The van der Waals surface area contributed by atoms with Gasteiger partial charge in [-0.1, -0.05) is 13.3 Å². The molecule has 1 heterocycles. The van der Waals surface area contributed by atoms with Gasteiger partial charge in [0.1, 0.15) is 0 Å². The molecular weight excluding hydrogens is 288 g/mol. The van der Waals surface area contributed by atoms with Crippen molar-refractivity contribution in [1.82, 2.24) is 20.4 Å². The zero-order valence-electron chi connectivity index (χ0n) is 13.4. The van der Waals surface area contributed by atoms with Crippen molar-refractivity contribution in [1.29, 1.82) is 0 Å². The van der Waals surface area contributed by atoms with Crippen molar-refractivity contribution in [3.63, 3.8) is 0 Å². The van der Waals surface area contributed by atoms with Crippen LogP contribution in [0, 0.1) is 0 Å². The van der Waals surface area contributed by atoms with Crippen molar-refractivity contribution in [3.8, 4) is 0 Å². The number of nitrogens with zero attached hydrogens (tertiary/aromatic N) is 2. The van der Waals surface area contributed by atoms with E-state index in [1.807, 2.05) is 11.8 Å². The standard InChI is InChI=1S/C14H26N4O4/c1-3-5-6-15-13(20)16-12(19)11-17-7-9-18(10-8-17)14(21)22-4-2/h3-11H2,1-2H3,(H2,15,16,19,20). The van der Waals surface area contributed by atoms with Gasteiger partial charge in [-0.15, -0.1) is 0 Å². The van der Waals surface area contributed by atoms with Crippen LogP contribution < -0.4 is 10.6 Å².